The lowest BCUT2D eigenvalue weighted by Crippen LogP contribution is -2.62. The molecule has 1 aromatic heterocycles. The number of benzene rings is 1. The molecule has 2 aromatic rings. The molecule has 2 aliphatic rings. The number of fused-ring (bicyclic) bond motifs is 1. The number of anilines is 1. The van der Waals surface area contributed by atoms with E-state index in [1.807, 2.05) is 37.3 Å². The zero-order chi connectivity index (χ0) is 17.4. The minimum absolute atomic E-state index is 0.0149. The predicted octanol–water partition coefficient (Wildman–Crippen LogP) is 2.48. The van der Waals surface area contributed by atoms with Gasteiger partial charge in [-0.2, -0.15) is 0 Å². The van der Waals surface area contributed by atoms with Crippen LogP contribution in [0.15, 0.2) is 30.3 Å². The molecule has 1 aromatic carbocycles. The first kappa shape index (κ1) is 16.8. The van der Waals surface area contributed by atoms with Crippen molar-refractivity contribution in [2.75, 3.05) is 24.6 Å². The van der Waals surface area contributed by atoms with Gasteiger partial charge >= 0.3 is 0 Å². The maximum Gasteiger partial charge on any atom is 0.134 e. The van der Waals surface area contributed by atoms with Crippen LogP contribution >= 0.6 is 0 Å². The summed E-state index contributed by atoms with van der Waals surface area (Å²) < 4.78 is 5.85. The third-order valence-corrected chi connectivity index (χ3v) is 6.05. The molecule has 2 atom stereocenters. The van der Waals surface area contributed by atoms with Gasteiger partial charge in [-0.25, -0.2) is 4.98 Å². The predicted molar refractivity (Wildman–Crippen MR) is 97.6 cm³/mol. The zero-order valence-corrected chi connectivity index (χ0v) is 14.7. The summed E-state index contributed by atoms with van der Waals surface area (Å²) in [6.07, 6.45) is 2.48. The van der Waals surface area contributed by atoms with Crippen molar-refractivity contribution in [1.29, 1.82) is 0 Å². The average Bonchev–Trinajstić information content (AvgIpc) is 2.67. The summed E-state index contributed by atoms with van der Waals surface area (Å²) in [7, 11) is 0. The number of aliphatic hydroxyl groups excluding tert-OH is 2. The van der Waals surface area contributed by atoms with E-state index >= 15 is 0 Å². The van der Waals surface area contributed by atoms with Crippen molar-refractivity contribution in [2.24, 2.45) is 5.41 Å². The van der Waals surface area contributed by atoms with Crippen molar-refractivity contribution in [1.82, 2.24) is 4.98 Å². The highest BCUT2D eigenvalue weighted by atomic mass is 16.5. The van der Waals surface area contributed by atoms with Crippen LogP contribution in [0, 0.1) is 5.41 Å². The summed E-state index contributed by atoms with van der Waals surface area (Å²) in [5, 5.41) is 21.2. The molecule has 25 heavy (non-hydrogen) atoms. The van der Waals surface area contributed by atoms with Crippen molar-refractivity contribution in [3.8, 4) is 0 Å². The summed E-state index contributed by atoms with van der Waals surface area (Å²) in [6, 6.07) is 10.0. The average molecular weight is 342 g/mol. The fourth-order valence-corrected chi connectivity index (χ4v) is 4.49. The number of para-hydroxylation sites is 1. The Bertz CT molecular complexity index is 754. The van der Waals surface area contributed by atoms with Gasteiger partial charge in [0.2, 0.25) is 0 Å². The monoisotopic (exact) mass is 342 g/mol. The first-order chi connectivity index (χ1) is 12.2. The third-order valence-electron chi connectivity index (χ3n) is 6.05. The smallest absolute Gasteiger partial charge is 0.134 e. The number of pyridine rings is 1. The topological polar surface area (TPSA) is 65.8 Å². The molecule has 2 heterocycles. The molecule has 1 saturated heterocycles. The molecule has 0 radical (unpaired) electrons. The molecule has 4 rings (SSSR count). The Morgan fingerprint density at radius 1 is 1.28 bits per heavy atom. The highest BCUT2D eigenvalue weighted by Gasteiger charge is 2.56. The van der Waals surface area contributed by atoms with Crippen LogP contribution in [0.5, 0.6) is 0 Å². The van der Waals surface area contributed by atoms with E-state index in [1.54, 1.807) is 0 Å². The van der Waals surface area contributed by atoms with Crippen molar-refractivity contribution in [3.63, 3.8) is 0 Å². The SMILES string of the molecule is CCO[C@@H]1C[C@H](O)C12CCN(c1nc3ccccc3cc1CO)CC2. The number of nitrogens with zero attached hydrogens (tertiary/aromatic N) is 2. The second-order valence-corrected chi connectivity index (χ2v) is 7.24. The van der Waals surface area contributed by atoms with E-state index in [4.69, 9.17) is 9.72 Å². The number of aliphatic hydroxyl groups is 2. The van der Waals surface area contributed by atoms with Gasteiger partial charge in [0, 0.05) is 42.5 Å². The Hall–Kier alpha value is -1.69. The molecular weight excluding hydrogens is 316 g/mol. The quantitative estimate of drug-likeness (QED) is 0.894. The van der Waals surface area contributed by atoms with Gasteiger partial charge in [0.25, 0.3) is 0 Å². The van der Waals surface area contributed by atoms with Crippen molar-refractivity contribution in [2.45, 2.75) is 45.0 Å². The van der Waals surface area contributed by atoms with E-state index in [1.165, 1.54) is 0 Å². The molecule has 1 saturated carbocycles. The van der Waals surface area contributed by atoms with E-state index in [-0.39, 0.29) is 24.2 Å². The van der Waals surface area contributed by atoms with Crippen LogP contribution in [0.25, 0.3) is 10.9 Å². The largest absolute Gasteiger partial charge is 0.392 e. The Kier molecular flexibility index (Phi) is 4.40. The molecule has 1 aliphatic heterocycles. The second kappa shape index (κ2) is 6.56. The molecule has 5 heteroatoms. The lowest BCUT2D eigenvalue weighted by Gasteiger charge is -2.56. The summed E-state index contributed by atoms with van der Waals surface area (Å²) in [5.74, 6) is 0.873. The maximum atomic E-state index is 10.4. The van der Waals surface area contributed by atoms with Crippen molar-refractivity contribution < 1.29 is 14.9 Å². The van der Waals surface area contributed by atoms with Crippen LogP contribution in [0.4, 0.5) is 5.82 Å². The van der Waals surface area contributed by atoms with Crippen molar-refractivity contribution >= 4 is 16.7 Å². The Labute approximate surface area is 148 Å². The number of hydrogen-bond donors (Lipinski definition) is 2. The fourth-order valence-electron chi connectivity index (χ4n) is 4.49. The molecule has 2 N–H and O–H groups in total. The number of rotatable bonds is 4. The standard InChI is InChI=1S/C20H26N2O3/c1-2-25-18-12-17(24)20(18)7-9-22(10-8-20)19-15(13-23)11-14-5-3-4-6-16(14)21-19/h3-6,11,17-18,23-24H,2,7-10,12-13H2,1H3/t17-,18+/m0/s1. The van der Waals surface area contributed by atoms with Gasteiger partial charge in [-0.15, -0.1) is 0 Å². The van der Waals surface area contributed by atoms with Gasteiger partial charge in [-0.3, -0.25) is 0 Å². The van der Waals surface area contributed by atoms with E-state index in [0.717, 1.165) is 54.6 Å². The van der Waals surface area contributed by atoms with Gasteiger partial charge in [0.1, 0.15) is 5.82 Å². The van der Waals surface area contributed by atoms with E-state index in [2.05, 4.69) is 4.90 Å². The van der Waals surface area contributed by atoms with Crippen LogP contribution in [0.3, 0.4) is 0 Å². The number of ether oxygens (including phenoxy) is 1. The summed E-state index contributed by atoms with van der Waals surface area (Å²) >= 11 is 0. The summed E-state index contributed by atoms with van der Waals surface area (Å²) in [4.78, 5) is 7.06. The lowest BCUT2D eigenvalue weighted by molar-refractivity contribution is -0.199. The normalized spacial score (nSPS) is 25.3. The minimum Gasteiger partial charge on any atom is -0.392 e. The van der Waals surface area contributed by atoms with Crippen LogP contribution < -0.4 is 4.90 Å². The van der Waals surface area contributed by atoms with Gasteiger partial charge in [-0.1, -0.05) is 18.2 Å². The maximum absolute atomic E-state index is 10.4. The number of piperidine rings is 1. The fraction of sp³-hybridized carbons (Fsp3) is 0.550. The Balaban J connectivity index is 1.57. The van der Waals surface area contributed by atoms with Gasteiger partial charge < -0.3 is 19.8 Å². The van der Waals surface area contributed by atoms with Gasteiger partial charge in [-0.05, 0) is 31.9 Å². The molecule has 5 nitrogen and oxygen atoms in total. The highest BCUT2D eigenvalue weighted by molar-refractivity contribution is 5.81. The van der Waals surface area contributed by atoms with E-state index in [9.17, 15) is 10.2 Å². The van der Waals surface area contributed by atoms with E-state index in [0.29, 0.717) is 6.61 Å². The third kappa shape index (κ3) is 2.71. The molecule has 2 fully saturated rings. The minimum atomic E-state index is -0.256. The van der Waals surface area contributed by atoms with Gasteiger partial charge in [0.15, 0.2) is 0 Å². The summed E-state index contributed by atoms with van der Waals surface area (Å²) in [6.45, 7) is 4.36. The van der Waals surface area contributed by atoms with E-state index < -0.39 is 0 Å². The molecule has 0 unspecified atom stereocenters. The molecule has 134 valence electrons. The van der Waals surface area contributed by atoms with Crippen molar-refractivity contribution in [3.05, 3.63) is 35.9 Å². The Morgan fingerprint density at radius 3 is 2.72 bits per heavy atom. The molecular formula is C20H26N2O3. The van der Waals surface area contributed by atoms with Crippen LogP contribution in [0.2, 0.25) is 0 Å². The Morgan fingerprint density at radius 2 is 2.04 bits per heavy atom. The van der Waals surface area contributed by atoms with Crippen LogP contribution in [-0.4, -0.2) is 47.1 Å². The molecule has 0 amide bonds. The first-order valence-corrected chi connectivity index (χ1v) is 9.22. The molecule has 0 bridgehead atoms. The van der Waals surface area contributed by atoms with Crippen LogP contribution in [0.1, 0.15) is 31.7 Å². The highest BCUT2D eigenvalue weighted by Crippen LogP contribution is 2.51. The summed E-state index contributed by atoms with van der Waals surface area (Å²) in [5.41, 5.74) is 1.72. The zero-order valence-electron chi connectivity index (χ0n) is 14.7. The molecule has 1 spiro atoms. The lowest BCUT2D eigenvalue weighted by atomic mass is 9.58. The van der Waals surface area contributed by atoms with Crippen LogP contribution in [-0.2, 0) is 11.3 Å². The van der Waals surface area contributed by atoms with Gasteiger partial charge in [0.05, 0.1) is 24.3 Å². The number of aromatic nitrogens is 1. The first-order valence-electron chi connectivity index (χ1n) is 9.22. The molecule has 1 aliphatic carbocycles. The number of hydrogen-bond acceptors (Lipinski definition) is 5. The second-order valence-electron chi connectivity index (χ2n) is 7.24.